The number of fused-ring (bicyclic) bond motifs is 1. The van der Waals surface area contributed by atoms with Crippen LogP contribution in [0.5, 0.6) is 0 Å². The van der Waals surface area contributed by atoms with E-state index in [0.717, 1.165) is 22.2 Å². The fraction of sp³-hybridized carbons (Fsp3) is 0. The molecule has 0 saturated heterocycles. The van der Waals surface area contributed by atoms with E-state index >= 15 is 0 Å². The van der Waals surface area contributed by atoms with Gasteiger partial charge < -0.3 is 0 Å². The van der Waals surface area contributed by atoms with Gasteiger partial charge in [-0.2, -0.15) is 0 Å². The normalized spacial score (nSPS) is 9.78. The van der Waals surface area contributed by atoms with Gasteiger partial charge in [-0.15, -0.1) is 0 Å². The van der Waals surface area contributed by atoms with Crippen molar-refractivity contribution in [3.8, 4) is 11.8 Å². The first-order valence-corrected chi connectivity index (χ1v) is 5.76. The molecular weight excluding hydrogens is 218 g/mol. The molecule has 18 heavy (non-hydrogen) atoms. The maximum atomic E-state index is 4.50. The van der Waals surface area contributed by atoms with Gasteiger partial charge in [0.05, 0.1) is 5.52 Å². The number of para-hydroxylation sites is 1. The molecule has 2 aromatic carbocycles. The summed E-state index contributed by atoms with van der Waals surface area (Å²) in [5.41, 5.74) is 2.64. The lowest BCUT2D eigenvalue weighted by atomic mass is 10.2. The molecular formula is C17H10N. The first-order chi connectivity index (χ1) is 8.92. The lowest BCUT2D eigenvalue weighted by Crippen LogP contribution is -1.84. The highest BCUT2D eigenvalue weighted by Crippen LogP contribution is 2.11. The number of pyridine rings is 1. The molecule has 0 unspecified atom stereocenters. The summed E-state index contributed by atoms with van der Waals surface area (Å²) in [5.74, 6) is 6.12. The summed E-state index contributed by atoms with van der Waals surface area (Å²) in [7, 11) is 0. The van der Waals surface area contributed by atoms with Gasteiger partial charge in [0.15, 0.2) is 0 Å². The van der Waals surface area contributed by atoms with Crippen LogP contribution in [-0.4, -0.2) is 4.98 Å². The van der Waals surface area contributed by atoms with Crippen molar-refractivity contribution in [3.05, 3.63) is 78.0 Å². The fourth-order valence-electron chi connectivity index (χ4n) is 1.74. The molecule has 0 spiro atoms. The van der Waals surface area contributed by atoms with Crippen molar-refractivity contribution in [1.29, 1.82) is 0 Å². The molecule has 0 aliphatic carbocycles. The predicted molar refractivity (Wildman–Crippen MR) is 73.0 cm³/mol. The minimum absolute atomic E-state index is 0.783. The van der Waals surface area contributed by atoms with Crippen LogP contribution in [0.4, 0.5) is 0 Å². The van der Waals surface area contributed by atoms with E-state index in [4.69, 9.17) is 0 Å². The van der Waals surface area contributed by atoms with Gasteiger partial charge >= 0.3 is 0 Å². The van der Waals surface area contributed by atoms with Gasteiger partial charge in [0.2, 0.25) is 0 Å². The van der Waals surface area contributed by atoms with E-state index in [1.807, 2.05) is 60.7 Å². The topological polar surface area (TPSA) is 12.9 Å². The largest absolute Gasteiger partial charge is 0.239 e. The van der Waals surface area contributed by atoms with E-state index in [0.29, 0.717) is 0 Å². The highest BCUT2D eigenvalue weighted by atomic mass is 14.7. The Morgan fingerprint density at radius 2 is 1.72 bits per heavy atom. The second kappa shape index (κ2) is 4.73. The molecule has 1 aromatic heterocycles. The second-order valence-corrected chi connectivity index (χ2v) is 3.92. The summed E-state index contributed by atoms with van der Waals surface area (Å²) >= 11 is 0. The van der Waals surface area contributed by atoms with Gasteiger partial charge in [-0.25, -0.2) is 4.98 Å². The van der Waals surface area contributed by atoms with Crippen molar-refractivity contribution >= 4 is 10.9 Å². The molecule has 1 heteroatoms. The summed E-state index contributed by atoms with van der Waals surface area (Å²) in [5, 5.41) is 1.13. The lowest BCUT2D eigenvalue weighted by Gasteiger charge is -1.96. The van der Waals surface area contributed by atoms with E-state index < -0.39 is 0 Å². The molecule has 83 valence electrons. The molecule has 0 saturated carbocycles. The fourth-order valence-corrected chi connectivity index (χ4v) is 1.74. The summed E-state index contributed by atoms with van der Waals surface area (Å²) in [6.45, 7) is 0. The molecule has 0 aliphatic rings. The van der Waals surface area contributed by atoms with Crippen LogP contribution in [0, 0.1) is 17.9 Å². The molecule has 0 atom stereocenters. The first kappa shape index (κ1) is 10.6. The Labute approximate surface area is 106 Å². The monoisotopic (exact) mass is 228 g/mol. The number of nitrogens with zero attached hydrogens (tertiary/aromatic N) is 1. The van der Waals surface area contributed by atoms with Crippen molar-refractivity contribution in [1.82, 2.24) is 4.98 Å². The average molecular weight is 228 g/mol. The molecule has 1 radical (unpaired) electrons. The van der Waals surface area contributed by atoms with Crippen molar-refractivity contribution < 1.29 is 0 Å². The number of aromatic nitrogens is 1. The van der Waals surface area contributed by atoms with Crippen molar-refractivity contribution in [2.24, 2.45) is 0 Å². The molecule has 0 amide bonds. The number of rotatable bonds is 0. The Morgan fingerprint density at radius 1 is 0.833 bits per heavy atom. The zero-order valence-corrected chi connectivity index (χ0v) is 9.72. The van der Waals surface area contributed by atoms with Crippen LogP contribution in [0.3, 0.4) is 0 Å². The first-order valence-electron chi connectivity index (χ1n) is 5.76. The van der Waals surface area contributed by atoms with Crippen LogP contribution in [0.1, 0.15) is 11.3 Å². The summed E-state index contributed by atoms with van der Waals surface area (Å²) < 4.78 is 0. The Kier molecular flexibility index (Phi) is 2.77. The van der Waals surface area contributed by atoms with Gasteiger partial charge in [-0.1, -0.05) is 48.4 Å². The maximum absolute atomic E-state index is 4.50. The molecule has 0 aliphatic heterocycles. The molecule has 0 fully saturated rings. The van der Waals surface area contributed by atoms with Gasteiger partial charge in [-0.05, 0) is 30.2 Å². The smallest absolute Gasteiger partial charge is 0.114 e. The van der Waals surface area contributed by atoms with Crippen LogP contribution >= 0.6 is 0 Å². The van der Waals surface area contributed by atoms with E-state index in [2.05, 4.69) is 22.9 Å². The van der Waals surface area contributed by atoms with Gasteiger partial charge in [-0.3, -0.25) is 0 Å². The van der Waals surface area contributed by atoms with Gasteiger partial charge in [0.25, 0.3) is 0 Å². The van der Waals surface area contributed by atoms with Crippen LogP contribution < -0.4 is 0 Å². The minimum atomic E-state index is 0.783. The molecule has 1 nitrogen and oxygen atoms in total. The quantitative estimate of drug-likeness (QED) is 0.537. The summed E-state index contributed by atoms with van der Waals surface area (Å²) in [6, 6.07) is 22.8. The minimum Gasteiger partial charge on any atom is -0.239 e. The Bertz CT molecular complexity index is 733. The molecule has 0 N–H and O–H groups in total. The Morgan fingerprint density at radius 3 is 2.61 bits per heavy atom. The summed E-state index contributed by atoms with van der Waals surface area (Å²) in [4.78, 5) is 4.50. The third-order valence-corrected chi connectivity index (χ3v) is 2.63. The lowest BCUT2D eigenvalue weighted by molar-refractivity contribution is 1.36. The van der Waals surface area contributed by atoms with E-state index in [1.54, 1.807) is 0 Å². The standard InChI is InChI=1S/C17H10N/c1-2-6-14(7-3-1)10-12-16-13-11-15-8-4-5-9-17(15)18-16/h1-6,8-9,11,13H. The van der Waals surface area contributed by atoms with E-state index in [9.17, 15) is 0 Å². The Hall–Kier alpha value is -2.59. The highest BCUT2D eigenvalue weighted by Gasteiger charge is 1.94. The third kappa shape index (κ3) is 2.23. The summed E-state index contributed by atoms with van der Waals surface area (Å²) in [6.07, 6.45) is 0. The third-order valence-electron chi connectivity index (χ3n) is 2.63. The van der Waals surface area contributed by atoms with Crippen molar-refractivity contribution in [2.45, 2.75) is 0 Å². The average Bonchev–Trinajstić information content (AvgIpc) is 2.46. The predicted octanol–water partition coefficient (Wildman–Crippen LogP) is 3.43. The van der Waals surface area contributed by atoms with Crippen LogP contribution in [-0.2, 0) is 0 Å². The molecule has 3 rings (SSSR count). The molecule has 1 heterocycles. The van der Waals surface area contributed by atoms with Gasteiger partial charge in [0, 0.05) is 10.9 Å². The van der Waals surface area contributed by atoms with Crippen LogP contribution in [0.25, 0.3) is 10.9 Å². The van der Waals surface area contributed by atoms with E-state index in [1.165, 1.54) is 0 Å². The molecule has 3 aromatic rings. The van der Waals surface area contributed by atoms with Gasteiger partial charge in [0.1, 0.15) is 5.69 Å². The highest BCUT2D eigenvalue weighted by molar-refractivity contribution is 5.78. The second-order valence-electron chi connectivity index (χ2n) is 3.92. The zero-order chi connectivity index (χ0) is 12.2. The Balaban J connectivity index is 1.99. The van der Waals surface area contributed by atoms with E-state index in [-0.39, 0.29) is 0 Å². The number of hydrogen-bond donors (Lipinski definition) is 0. The van der Waals surface area contributed by atoms with Crippen LogP contribution in [0.15, 0.2) is 60.7 Å². The van der Waals surface area contributed by atoms with Crippen molar-refractivity contribution in [2.75, 3.05) is 0 Å². The number of benzene rings is 2. The maximum Gasteiger partial charge on any atom is 0.114 e. The number of hydrogen-bond acceptors (Lipinski definition) is 1. The molecule has 0 bridgehead atoms. The van der Waals surface area contributed by atoms with Crippen LogP contribution in [0.2, 0.25) is 0 Å². The zero-order valence-electron chi connectivity index (χ0n) is 9.72. The van der Waals surface area contributed by atoms with Crippen molar-refractivity contribution in [3.63, 3.8) is 0 Å². The SMILES string of the molecule is C(#Cc1ccc2ccccc2n1)c1[c]cccc1.